The molecule has 114 valence electrons. The lowest BCUT2D eigenvalue weighted by Gasteiger charge is -2.07. The molecule has 2 amide bonds. The van der Waals surface area contributed by atoms with E-state index >= 15 is 0 Å². The Bertz CT molecular complexity index is 718. The summed E-state index contributed by atoms with van der Waals surface area (Å²) in [5.41, 5.74) is 0.789. The van der Waals surface area contributed by atoms with Crippen molar-refractivity contribution in [2.24, 2.45) is 0 Å². The first-order valence-corrected chi connectivity index (χ1v) is 7.59. The lowest BCUT2D eigenvalue weighted by molar-refractivity contribution is -0.122. The SMILES string of the molecule is O=C1CC[C@@H](C(=O)Nc2nnc(Cc3cccc(F)c3)s2)N1. The number of amides is 2. The molecule has 2 aromatic rings. The number of hydrogen-bond acceptors (Lipinski definition) is 5. The highest BCUT2D eigenvalue weighted by Gasteiger charge is 2.27. The molecule has 6 nitrogen and oxygen atoms in total. The second-order valence-corrected chi connectivity index (χ2v) is 6.02. The van der Waals surface area contributed by atoms with E-state index in [9.17, 15) is 14.0 Å². The molecule has 0 unspecified atom stereocenters. The van der Waals surface area contributed by atoms with Gasteiger partial charge in [-0.15, -0.1) is 10.2 Å². The van der Waals surface area contributed by atoms with Crippen LogP contribution in [0.5, 0.6) is 0 Å². The number of nitrogens with zero attached hydrogens (tertiary/aromatic N) is 2. The fourth-order valence-corrected chi connectivity index (χ4v) is 2.98. The number of carbonyl (C=O) groups is 2. The minimum atomic E-state index is -0.511. The van der Waals surface area contributed by atoms with Gasteiger partial charge in [-0.2, -0.15) is 0 Å². The Morgan fingerprint density at radius 3 is 3.05 bits per heavy atom. The molecular formula is C14H13FN4O2S. The molecule has 0 saturated carbocycles. The Morgan fingerprint density at radius 1 is 1.45 bits per heavy atom. The Hall–Kier alpha value is -2.35. The highest BCUT2D eigenvalue weighted by molar-refractivity contribution is 7.15. The van der Waals surface area contributed by atoms with Gasteiger partial charge in [0.25, 0.3) is 0 Å². The summed E-state index contributed by atoms with van der Waals surface area (Å²) in [6, 6.07) is 5.75. The van der Waals surface area contributed by atoms with E-state index in [1.807, 2.05) is 0 Å². The number of hydrogen-bond donors (Lipinski definition) is 2. The van der Waals surface area contributed by atoms with Crippen LogP contribution < -0.4 is 10.6 Å². The molecule has 0 radical (unpaired) electrons. The topological polar surface area (TPSA) is 84.0 Å². The van der Waals surface area contributed by atoms with Gasteiger partial charge in [0.1, 0.15) is 16.9 Å². The van der Waals surface area contributed by atoms with Gasteiger partial charge in [0.2, 0.25) is 16.9 Å². The third kappa shape index (κ3) is 3.45. The number of benzene rings is 1. The predicted molar refractivity (Wildman–Crippen MR) is 78.9 cm³/mol. The monoisotopic (exact) mass is 320 g/mol. The van der Waals surface area contributed by atoms with E-state index in [0.29, 0.717) is 29.4 Å². The summed E-state index contributed by atoms with van der Waals surface area (Å²) in [6.07, 6.45) is 1.30. The van der Waals surface area contributed by atoms with Crippen LogP contribution in [-0.4, -0.2) is 28.1 Å². The summed E-state index contributed by atoms with van der Waals surface area (Å²) in [7, 11) is 0. The molecule has 1 fully saturated rings. The molecule has 3 rings (SSSR count). The van der Waals surface area contributed by atoms with Crippen LogP contribution in [0, 0.1) is 5.82 Å². The first-order chi connectivity index (χ1) is 10.6. The zero-order valence-electron chi connectivity index (χ0n) is 11.5. The standard InChI is InChI=1S/C14H13FN4O2S/c15-9-3-1-2-8(6-9)7-12-18-19-14(22-12)17-13(21)10-4-5-11(20)16-10/h1-3,6,10H,4-5,7H2,(H,16,20)(H,17,19,21)/t10-/m0/s1. The van der Waals surface area contributed by atoms with Gasteiger partial charge < -0.3 is 5.32 Å². The zero-order valence-corrected chi connectivity index (χ0v) is 12.3. The molecule has 1 saturated heterocycles. The van der Waals surface area contributed by atoms with Crippen LogP contribution >= 0.6 is 11.3 Å². The van der Waals surface area contributed by atoms with Crippen LogP contribution in [0.1, 0.15) is 23.4 Å². The van der Waals surface area contributed by atoms with Crippen molar-refractivity contribution in [3.63, 3.8) is 0 Å². The normalized spacial score (nSPS) is 17.3. The third-order valence-electron chi connectivity index (χ3n) is 3.25. The van der Waals surface area contributed by atoms with Gasteiger partial charge in [-0.25, -0.2) is 4.39 Å². The first-order valence-electron chi connectivity index (χ1n) is 6.77. The Morgan fingerprint density at radius 2 is 2.32 bits per heavy atom. The number of anilines is 1. The van der Waals surface area contributed by atoms with E-state index in [1.54, 1.807) is 12.1 Å². The molecule has 1 aliphatic rings. The molecule has 1 atom stereocenters. The van der Waals surface area contributed by atoms with Gasteiger partial charge >= 0.3 is 0 Å². The molecule has 0 aliphatic carbocycles. The number of halogens is 1. The highest BCUT2D eigenvalue weighted by Crippen LogP contribution is 2.20. The van der Waals surface area contributed by atoms with Gasteiger partial charge in [-0.1, -0.05) is 23.5 Å². The maximum absolute atomic E-state index is 13.1. The van der Waals surface area contributed by atoms with Crippen LogP contribution in [0.3, 0.4) is 0 Å². The molecule has 1 aromatic carbocycles. The van der Waals surface area contributed by atoms with Crippen LogP contribution in [0.15, 0.2) is 24.3 Å². The second kappa shape index (κ2) is 6.18. The molecule has 8 heteroatoms. The zero-order chi connectivity index (χ0) is 15.5. The average molecular weight is 320 g/mol. The molecule has 0 spiro atoms. The number of carbonyl (C=O) groups excluding carboxylic acids is 2. The van der Waals surface area contributed by atoms with Crippen LogP contribution in [0.4, 0.5) is 9.52 Å². The fourth-order valence-electron chi connectivity index (χ4n) is 2.20. The summed E-state index contributed by atoms with van der Waals surface area (Å²) in [6.45, 7) is 0. The smallest absolute Gasteiger partial charge is 0.248 e. The van der Waals surface area contributed by atoms with Crippen molar-refractivity contribution in [1.29, 1.82) is 0 Å². The van der Waals surface area contributed by atoms with E-state index in [1.165, 1.54) is 23.5 Å². The maximum atomic E-state index is 13.1. The Labute approximate surface area is 129 Å². The van der Waals surface area contributed by atoms with E-state index in [2.05, 4.69) is 20.8 Å². The first kappa shape index (κ1) is 14.6. The molecule has 1 aliphatic heterocycles. The van der Waals surface area contributed by atoms with Gasteiger partial charge in [0.15, 0.2) is 0 Å². The predicted octanol–water partition coefficient (Wildman–Crippen LogP) is 1.49. The number of nitrogens with one attached hydrogen (secondary N) is 2. The van der Waals surface area contributed by atoms with Crippen molar-refractivity contribution in [2.75, 3.05) is 5.32 Å². The molecule has 22 heavy (non-hydrogen) atoms. The maximum Gasteiger partial charge on any atom is 0.248 e. The largest absolute Gasteiger partial charge is 0.344 e. The molecule has 1 aromatic heterocycles. The number of rotatable bonds is 4. The van der Waals surface area contributed by atoms with E-state index in [-0.39, 0.29) is 17.6 Å². The number of aromatic nitrogens is 2. The van der Waals surface area contributed by atoms with Gasteiger partial charge in [0.05, 0.1) is 0 Å². The Balaban J connectivity index is 1.61. The van der Waals surface area contributed by atoms with Crippen LogP contribution in [0.2, 0.25) is 0 Å². The summed E-state index contributed by atoms with van der Waals surface area (Å²) in [5.74, 6) is -0.712. The highest BCUT2D eigenvalue weighted by atomic mass is 32.1. The van der Waals surface area contributed by atoms with Gasteiger partial charge in [0, 0.05) is 12.8 Å². The minimum absolute atomic E-state index is 0.121. The quantitative estimate of drug-likeness (QED) is 0.894. The van der Waals surface area contributed by atoms with Crippen LogP contribution in [0.25, 0.3) is 0 Å². The molecule has 2 N–H and O–H groups in total. The van der Waals surface area contributed by atoms with E-state index in [4.69, 9.17) is 0 Å². The molecular weight excluding hydrogens is 307 g/mol. The van der Waals surface area contributed by atoms with E-state index < -0.39 is 6.04 Å². The lowest BCUT2D eigenvalue weighted by atomic mass is 10.1. The second-order valence-electron chi connectivity index (χ2n) is 4.96. The minimum Gasteiger partial charge on any atom is -0.344 e. The van der Waals surface area contributed by atoms with Crippen molar-refractivity contribution in [3.05, 3.63) is 40.7 Å². The summed E-state index contributed by atoms with van der Waals surface area (Å²) in [4.78, 5) is 23.0. The average Bonchev–Trinajstić information content (AvgIpc) is 3.08. The van der Waals surface area contributed by atoms with E-state index in [0.717, 1.165) is 5.56 Å². The third-order valence-corrected chi connectivity index (χ3v) is 4.09. The van der Waals surface area contributed by atoms with Gasteiger partial charge in [-0.3, -0.25) is 14.9 Å². The fraction of sp³-hybridized carbons (Fsp3) is 0.286. The molecule has 2 heterocycles. The van der Waals surface area contributed by atoms with Gasteiger partial charge in [-0.05, 0) is 24.1 Å². The summed E-state index contributed by atoms with van der Waals surface area (Å²) >= 11 is 1.23. The van der Waals surface area contributed by atoms with Crippen molar-refractivity contribution < 1.29 is 14.0 Å². The van der Waals surface area contributed by atoms with Crippen molar-refractivity contribution in [2.45, 2.75) is 25.3 Å². The van der Waals surface area contributed by atoms with Crippen molar-refractivity contribution in [1.82, 2.24) is 15.5 Å². The summed E-state index contributed by atoms with van der Waals surface area (Å²) in [5, 5.41) is 14.2. The molecule has 0 bridgehead atoms. The summed E-state index contributed by atoms with van der Waals surface area (Å²) < 4.78 is 13.1. The Kier molecular flexibility index (Phi) is 4.10. The van der Waals surface area contributed by atoms with Crippen molar-refractivity contribution >= 4 is 28.3 Å². The van der Waals surface area contributed by atoms with Crippen molar-refractivity contribution in [3.8, 4) is 0 Å². The van der Waals surface area contributed by atoms with Crippen LogP contribution in [-0.2, 0) is 16.0 Å². The lowest BCUT2D eigenvalue weighted by Crippen LogP contribution is -2.37.